The van der Waals surface area contributed by atoms with Gasteiger partial charge in [-0.1, -0.05) is 24.3 Å². The van der Waals surface area contributed by atoms with E-state index in [1.807, 2.05) is 0 Å². The highest BCUT2D eigenvalue weighted by molar-refractivity contribution is 8.00. The second-order valence-corrected chi connectivity index (χ2v) is 6.27. The molecule has 3 aromatic rings. The fraction of sp³-hybridized carbons (Fsp3) is 0.111. The van der Waals surface area contributed by atoms with Crippen LogP contribution in [0.1, 0.15) is 18.6 Å². The molecule has 0 aliphatic rings. The molecule has 1 unspecified atom stereocenters. The Bertz CT molecular complexity index is 941. The van der Waals surface area contributed by atoms with Crippen molar-refractivity contribution in [2.24, 2.45) is 5.18 Å². The molecule has 1 atom stereocenters. The Kier molecular flexibility index (Phi) is 5.92. The van der Waals surface area contributed by atoms with Gasteiger partial charge in [-0.3, -0.25) is 0 Å². The van der Waals surface area contributed by atoms with Crippen molar-refractivity contribution in [1.29, 1.82) is 0 Å². The van der Waals surface area contributed by atoms with Crippen LogP contribution < -0.4 is 9.46 Å². The largest absolute Gasteiger partial charge is 0.456 e. The standard InChI is InChI=1S/C18H14F2N4O2S/c1-11(12-6-8-13(19)9-7-12)26-18-21-10-14(20)17(22-18)24-27-16-5-3-2-4-15(16)23-25/h2-11H,1H3,(H,21,22,24). The number of hydrogen-bond acceptors (Lipinski definition) is 7. The number of nitrogens with zero attached hydrogens (tertiary/aromatic N) is 3. The third-order valence-corrected chi connectivity index (χ3v) is 4.43. The lowest BCUT2D eigenvalue weighted by Gasteiger charge is -2.14. The Morgan fingerprint density at radius 2 is 1.89 bits per heavy atom. The van der Waals surface area contributed by atoms with Crippen LogP contribution in [0, 0.1) is 16.5 Å². The molecule has 0 aliphatic carbocycles. The molecule has 0 spiro atoms. The van der Waals surface area contributed by atoms with Crippen LogP contribution in [-0.2, 0) is 0 Å². The molecule has 6 nitrogen and oxygen atoms in total. The third kappa shape index (κ3) is 4.76. The van der Waals surface area contributed by atoms with Crippen LogP contribution in [0.4, 0.5) is 20.3 Å². The molecule has 27 heavy (non-hydrogen) atoms. The first-order chi connectivity index (χ1) is 13.1. The van der Waals surface area contributed by atoms with E-state index in [0.29, 0.717) is 4.90 Å². The molecule has 2 aromatic carbocycles. The Morgan fingerprint density at radius 3 is 2.63 bits per heavy atom. The van der Waals surface area contributed by atoms with Gasteiger partial charge in [0.1, 0.15) is 17.6 Å². The van der Waals surface area contributed by atoms with Crippen molar-refractivity contribution in [1.82, 2.24) is 9.97 Å². The van der Waals surface area contributed by atoms with Crippen molar-refractivity contribution in [3.05, 3.63) is 76.8 Å². The van der Waals surface area contributed by atoms with Crippen LogP contribution in [0.25, 0.3) is 0 Å². The number of aromatic nitrogens is 2. The lowest BCUT2D eigenvalue weighted by Crippen LogP contribution is -2.07. The molecule has 9 heteroatoms. The molecule has 1 heterocycles. The molecule has 1 N–H and O–H groups in total. The van der Waals surface area contributed by atoms with Crippen LogP contribution in [0.2, 0.25) is 0 Å². The van der Waals surface area contributed by atoms with E-state index in [1.165, 1.54) is 12.1 Å². The second kappa shape index (κ2) is 8.54. The Labute approximate surface area is 158 Å². The summed E-state index contributed by atoms with van der Waals surface area (Å²) in [5.41, 5.74) is 0.949. The minimum Gasteiger partial charge on any atom is -0.456 e. The van der Waals surface area contributed by atoms with Gasteiger partial charge in [-0.25, -0.2) is 13.8 Å². The first-order valence-electron chi connectivity index (χ1n) is 7.86. The zero-order valence-corrected chi connectivity index (χ0v) is 14.9. The maximum absolute atomic E-state index is 14.0. The fourth-order valence-electron chi connectivity index (χ4n) is 2.16. The zero-order chi connectivity index (χ0) is 19.2. The summed E-state index contributed by atoms with van der Waals surface area (Å²) in [4.78, 5) is 19.1. The average Bonchev–Trinajstić information content (AvgIpc) is 2.69. The maximum atomic E-state index is 14.0. The number of hydrogen-bond donors (Lipinski definition) is 1. The van der Waals surface area contributed by atoms with Gasteiger partial charge in [-0.15, -0.1) is 4.91 Å². The topological polar surface area (TPSA) is 76.5 Å². The molecule has 1 aromatic heterocycles. The van der Waals surface area contributed by atoms with Gasteiger partial charge in [0.15, 0.2) is 11.6 Å². The summed E-state index contributed by atoms with van der Waals surface area (Å²) in [5, 5.41) is 2.91. The van der Waals surface area contributed by atoms with Crippen LogP contribution in [0.15, 0.2) is 64.8 Å². The SMILES string of the molecule is CC(Oc1ncc(F)c(NSc2ccccc2N=O)n1)c1ccc(F)cc1. The van der Waals surface area contributed by atoms with E-state index >= 15 is 0 Å². The van der Waals surface area contributed by atoms with E-state index in [9.17, 15) is 13.7 Å². The van der Waals surface area contributed by atoms with Crippen LogP contribution in [0.5, 0.6) is 6.01 Å². The molecule has 138 valence electrons. The summed E-state index contributed by atoms with van der Waals surface area (Å²) >= 11 is 0.993. The van der Waals surface area contributed by atoms with Crippen molar-refractivity contribution < 1.29 is 13.5 Å². The summed E-state index contributed by atoms with van der Waals surface area (Å²) in [5.74, 6) is -1.13. The minimum atomic E-state index is -0.680. The van der Waals surface area contributed by atoms with E-state index in [-0.39, 0.29) is 23.3 Å². The summed E-state index contributed by atoms with van der Waals surface area (Å²) in [6.07, 6.45) is 0.517. The number of benzene rings is 2. The van der Waals surface area contributed by atoms with Crippen molar-refractivity contribution in [3.63, 3.8) is 0 Å². The van der Waals surface area contributed by atoms with Gasteiger partial charge < -0.3 is 9.46 Å². The van der Waals surface area contributed by atoms with Gasteiger partial charge in [0.05, 0.1) is 11.1 Å². The summed E-state index contributed by atoms with van der Waals surface area (Å²) in [7, 11) is 0. The van der Waals surface area contributed by atoms with E-state index in [0.717, 1.165) is 23.7 Å². The predicted molar refractivity (Wildman–Crippen MR) is 98.8 cm³/mol. The first kappa shape index (κ1) is 18.7. The Hall–Kier alpha value is -3.07. The highest BCUT2D eigenvalue weighted by atomic mass is 32.2. The molecular formula is C18H14F2N4O2S. The molecule has 3 rings (SSSR count). The van der Waals surface area contributed by atoms with Crippen molar-refractivity contribution in [3.8, 4) is 6.01 Å². The van der Waals surface area contributed by atoms with Crippen molar-refractivity contribution in [2.45, 2.75) is 17.9 Å². The van der Waals surface area contributed by atoms with Crippen molar-refractivity contribution in [2.75, 3.05) is 4.72 Å². The zero-order valence-electron chi connectivity index (χ0n) is 14.1. The number of nitroso groups, excluding NO2 is 1. The molecule has 0 fully saturated rings. The van der Waals surface area contributed by atoms with Crippen molar-refractivity contribution >= 4 is 23.5 Å². The Morgan fingerprint density at radius 1 is 1.15 bits per heavy atom. The lowest BCUT2D eigenvalue weighted by molar-refractivity contribution is 0.207. The normalized spacial score (nSPS) is 11.7. The summed E-state index contributed by atoms with van der Waals surface area (Å²) < 4.78 is 35.3. The molecule has 0 radical (unpaired) electrons. The molecule has 0 bridgehead atoms. The predicted octanol–water partition coefficient (Wildman–Crippen LogP) is 5.41. The fourth-order valence-corrected chi connectivity index (χ4v) is 2.87. The smallest absolute Gasteiger partial charge is 0.319 e. The Balaban J connectivity index is 1.72. The highest BCUT2D eigenvalue weighted by Crippen LogP contribution is 2.30. The van der Waals surface area contributed by atoms with Crippen LogP contribution >= 0.6 is 11.9 Å². The van der Waals surface area contributed by atoms with Gasteiger partial charge in [-0.05, 0) is 53.9 Å². The lowest BCUT2D eigenvalue weighted by atomic mass is 10.1. The average molecular weight is 388 g/mol. The number of ether oxygens (including phenoxy) is 1. The van der Waals surface area contributed by atoms with Gasteiger partial charge in [0, 0.05) is 0 Å². The van der Waals surface area contributed by atoms with E-state index in [1.54, 1.807) is 43.3 Å². The first-order valence-corrected chi connectivity index (χ1v) is 8.68. The van der Waals surface area contributed by atoms with Gasteiger partial charge in [-0.2, -0.15) is 4.98 Å². The highest BCUT2D eigenvalue weighted by Gasteiger charge is 2.13. The quantitative estimate of drug-likeness (QED) is 0.431. The van der Waals surface area contributed by atoms with Gasteiger partial charge in [0.2, 0.25) is 0 Å². The third-order valence-electron chi connectivity index (χ3n) is 3.56. The summed E-state index contributed by atoms with van der Waals surface area (Å²) in [6.45, 7) is 1.74. The number of anilines is 1. The van der Waals surface area contributed by atoms with Crippen LogP contribution in [0.3, 0.4) is 0 Å². The van der Waals surface area contributed by atoms with Gasteiger partial charge in [0.25, 0.3) is 0 Å². The molecule has 0 aliphatic heterocycles. The molecule has 0 amide bonds. The molecule has 0 saturated heterocycles. The van der Waals surface area contributed by atoms with E-state index in [2.05, 4.69) is 19.9 Å². The van der Waals surface area contributed by atoms with Gasteiger partial charge >= 0.3 is 6.01 Å². The number of nitrogens with one attached hydrogen (secondary N) is 1. The maximum Gasteiger partial charge on any atom is 0.319 e. The minimum absolute atomic E-state index is 0.0434. The van der Waals surface area contributed by atoms with Crippen LogP contribution in [-0.4, -0.2) is 9.97 Å². The molecule has 0 saturated carbocycles. The number of halogens is 2. The number of rotatable bonds is 7. The second-order valence-electron chi connectivity index (χ2n) is 5.42. The summed E-state index contributed by atoms with van der Waals surface area (Å²) in [6, 6.07) is 12.4. The van der Waals surface area contributed by atoms with E-state index in [4.69, 9.17) is 4.74 Å². The molecular weight excluding hydrogens is 374 g/mol. The monoisotopic (exact) mass is 388 g/mol. The van der Waals surface area contributed by atoms with E-state index < -0.39 is 11.9 Å².